The molecule has 3 aliphatic rings. The molecular formula is C30H50O5. The van der Waals surface area contributed by atoms with Crippen LogP contribution in [0.25, 0.3) is 0 Å². The summed E-state index contributed by atoms with van der Waals surface area (Å²) in [5.41, 5.74) is 2.79. The van der Waals surface area contributed by atoms with Crippen molar-refractivity contribution in [3.8, 4) is 0 Å². The summed E-state index contributed by atoms with van der Waals surface area (Å²) in [5.74, 6) is 1.98. The molecule has 7 atom stereocenters. The van der Waals surface area contributed by atoms with Crippen LogP contribution in [-0.2, 0) is 4.74 Å². The van der Waals surface area contributed by atoms with Gasteiger partial charge in [-0.2, -0.15) is 0 Å². The van der Waals surface area contributed by atoms with Gasteiger partial charge in [0.05, 0.1) is 11.7 Å². The first-order valence-electron chi connectivity index (χ1n) is 13.9. The van der Waals surface area contributed by atoms with Crippen molar-refractivity contribution in [2.45, 2.75) is 116 Å². The zero-order valence-electron chi connectivity index (χ0n) is 22.5. The highest BCUT2D eigenvalue weighted by Crippen LogP contribution is 2.60. The normalized spacial score (nSPS) is 37.1. The Kier molecular flexibility index (Phi) is 9.84. The summed E-state index contributed by atoms with van der Waals surface area (Å²) in [6.45, 7) is 13.2. The predicted molar refractivity (Wildman–Crippen MR) is 141 cm³/mol. The topological polar surface area (TPSA) is 90.2 Å². The van der Waals surface area contributed by atoms with Crippen molar-refractivity contribution in [2.24, 2.45) is 23.2 Å². The first-order chi connectivity index (χ1) is 16.5. The van der Waals surface area contributed by atoms with Gasteiger partial charge in [0.15, 0.2) is 0 Å². The minimum atomic E-state index is -0.931. The highest BCUT2D eigenvalue weighted by Gasteiger charge is 2.50. The fourth-order valence-corrected chi connectivity index (χ4v) is 7.21. The molecule has 0 aromatic rings. The summed E-state index contributed by atoms with van der Waals surface area (Å²) in [7, 11) is 0. The second-order valence-corrected chi connectivity index (χ2v) is 12.4. The van der Waals surface area contributed by atoms with E-state index in [9.17, 15) is 15.3 Å². The Morgan fingerprint density at radius 1 is 1.20 bits per heavy atom. The van der Waals surface area contributed by atoms with Crippen LogP contribution in [0.5, 0.6) is 0 Å². The first kappa shape index (κ1) is 28.6. The summed E-state index contributed by atoms with van der Waals surface area (Å²) in [4.78, 5) is 0. The number of aliphatic hydroxyl groups excluding tert-OH is 3. The second-order valence-electron chi connectivity index (χ2n) is 12.4. The van der Waals surface area contributed by atoms with Crippen LogP contribution in [0.4, 0.5) is 0 Å². The van der Waals surface area contributed by atoms with Gasteiger partial charge in [0.25, 0.3) is 0 Å². The Bertz CT molecular complexity index is 778. The average molecular weight is 491 g/mol. The van der Waals surface area contributed by atoms with Crippen LogP contribution in [0.2, 0.25) is 0 Å². The Balaban J connectivity index is 1.67. The monoisotopic (exact) mass is 490 g/mol. The van der Waals surface area contributed by atoms with Gasteiger partial charge in [0.2, 0.25) is 0 Å². The predicted octanol–water partition coefficient (Wildman–Crippen LogP) is 5.08. The maximum Gasteiger partial charge on any atom is 0.114 e. The fraction of sp³-hybridized carbons (Fsp3) is 0.800. The van der Waals surface area contributed by atoms with E-state index in [2.05, 4.69) is 32.6 Å². The van der Waals surface area contributed by atoms with Crippen molar-refractivity contribution in [1.29, 1.82) is 0 Å². The summed E-state index contributed by atoms with van der Waals surface area (Å²) < 4.78 is 5.63. The minimum Gasteiger partial charge on any atom is -0.396 e. The number of allylic oxidation sites excluding steroid dienone is 3. The maximum atomic E-state index is 10.7. The molecule has 0 amide bonds. The molecule has 0 saturated heterocycles. The lowest BCUT2D eigenvalue weighted by Crippen LogP contribution is -2.45. The third kappa shape index (κ3) is 6.87. The van der Waals surface area contributed by atoms with Crippen molar-refractivity contribution in [1.82, 2.24) is 0 Å². The van der Waals surface area contributed by atoms with Crippen LogP contribution in [0.1, 0.15) is 91.9 Å². The number of hydrogen-bond donors (Lipinski definition) is 4. The van der Waals surface area contributed by atoms with E-state index in [0.29, 0.717) is 42.3 Å². The van der Waals surface area contributed by atoms with Crippen LogP contribution in [-0.4, -0.2) is 57.6 Å². The Labute approximate surface area is 213 Å². The lowest BCUT2D eigenvalue weighted by atomic mass is 9.60. The molecule has 0 aromatic heterocycles. The molecule has 5 nitrogen and oxygen atoms in total. The molecule has 0 bridgehead atoms. The number of fused-ring (bicyclic) bond motifs is 1. The number of aliphatic hydroxyl groups is 4. The molecule has 3 saturated carbocycles. The molecule has 0 unspecified atom stereocenters. The molecule has 200 valence electrons. The van der Waals surface area contributed by atoms with E-state index in [1.807, 2.05) is 13.8 Å². The van der Waals surface area contributed by atoms with Gasteiger partial charge in [0.1, 0.15) is 12.2 Å². The van der Waals surface area contributed by atoms with Crippen molar-refractivity contribution in [2.75, 3.05) is 13.2 Å². The van der Waals surface area contributed by atoms with Gasteiger partial charge in [-0.15, -0.1) is 0 Å². The number of rotatable bonds is 10. The molecule has 3 aliphatic carbocycles. The van der Waals surface area contributed by atoms with Gasteiger partial charge in [-0.3, -0.25) is 0 Å². The number of ether oxygens (including phenoxy) is 1. The molecule has 4 N–H and O–H groups in total. The number of hydrogen-bond acceptors (Lipinski definition) is 5. The second kappa shape index (κ2) is 12.0. The van der Waals surface area contributed by atoms with E-state index < -0.39 is 23.9 Å². The van der Waals surface area contributed by atoms with E-state index in [-0.39, 0.29) is 6.61 Å². The molecule has 35 heavy (non-hydrogen) atoms. The molecule has 5 heteroatoms. The lowest BCUT2D eigenvalue weighted by Gasteiger charge is -2.44. The fourth-order valence-electron chi connectivity index (χ4n) is 7.21. The highest BCUT2D eigenvalue weighted by atomic mass is 16.5. The van der Waals surface area contributed by atoms with Crippen LogP contribution >= 0.6 is 0 Å². The van der Waals surface area contributed by atoms with Gasteiger partial charge in [-0.25, -0.2) is 0 Å². The van der Waals surface area contributed by atoms with Crippen LogP contribution in [0.3, 0.4) is 0 Å². The van der Waals surface area contributed by atoms with Crippen molar-refractivity contribution in [3.63, 3.8) is 0 Å². The standard InChI is InChI=1S/C30H50O5/c1-20(9-6-15-29(3,4)34)24-13-14-25-22(10-7-16-30(24,25)5)11-12-23-19-26(32)28(27(33)21(23)2)35-18-8-17-31/h11-12,20,24-28,31-34H,2,6-10,13-19H2,1,3-5H3/b22-11+,23-12-/t20-,24-,25-,26+,27+,28+,30+/m1/s1. The van der Waals surface area contributed by atoms with Gasteiger partial charge >= 0.3 is 0 Å². The van der Waals surface area contributed by atoms with E-state index in [4.69, 9.17) is 9.84 Å². The summed E-state index contributed by atoms with van der Waals surface area (Å²) in [5, 5.41) is 40.4. The van der Waals surface area contributed by atoms with E-state index in [1.54, 1.807) is 0 Å². The Morgan fingerprint density at radius 2 is 1.94 bits per heavy atom. The summed E-state index contributed by atoms with van der Waals surface area (Å²) in [6, 6.07) is 0. The van der Waals surface area contributed by atoms with Gasteiger partial charge < -0.3 is 25.2 Å². The first-order valence-corrected chi connectivity index (χ1v) is 13.9. The highest BCUT2D eigenvalue weighted by molar-refractivity contribution is 5.40. The molecule has 3 fully saturated rings. The SMILES string of the molecule is C=C1/C(=C\C=C2/CCC[C@]3(C)[C@@H]2CC[C@@H]3[C@H](C)CCCC(C)(C)O)C[C@H](O)[C@H](OCCCO)[C@H]1O. The van der Waals surface area contributed by atoms with Crippen LogP contribution < -0.4 is 0 Å². The minimum absolute atomic E-state index is 0.0269. The Hall–Kier alpha value is -0.980. The third-order valence-corrected chi connectivity index (χ3v) is 9.17. The van der Waals surface area contributed by atoms with Gasteiger partial charge in [-0.1, -0.05) is 51.0 Å². The van der Waals surface area contributed by atoms with Crippen LogP contribution in [0.15, 0.2) is 35.5 Å². The van der Waals surface area contributed by atoms with E-state index in [1.165, 1.54) is 37.7 Å². The average Bonchev–Trinajstić information content (AvgIpc) is 3.14. The summed E-state index contributed by atoms with van der Waals surface area (Å²) in [6.07, 6.45) is 12.1. The largest absolute Gasteiger partial charge is 0.396 e. The smallest absolute Gasteiger partial charge is 0.114 e. The van der Waals surface area contributed by atoms with E-state index in [0.717, 1.165) is 30.8 Å². The van der Waals surface area contributed by atoms with E-state index >= 15 is 0 Å². The molecule has 0 spiro atoms. The van der Waals surface area contributed by atoms with Crippen molar-refractivity contribution >= 4 is 0 Å². The van der Waals surface area contributed by atoms with Crippen molar-refractivity contribution < 1.29 is 25.2 Å². The summed E-state index contributed by atoms with van der Waals surface area (Å²) >= 11 is 0. The quantitative estimate of drug-likeness (QED) is 0.321. The van der Waals surface area contributed by atoms with Gasteiger partial charge in [-0.05, 0) is 93.1 Å². The third-order valence-electron chi connectivity index (χ3n) is 9.17. The molecule has 0 aromatic carbocycles. The molecule has 3 rings (SSSR count). The molecule has 0 aliphatic heterocycles. The molecule has 0 radical (unpaired) electrons. The van der Waals surface area contributed by atoms with Gasteiger partial charge in [0, 0.05) is 19.6 Å². The molecule has 0 heterocycles. The lowest BCUT2D eigenvalue weighted by molar-refractivity contribution is -0.0968. The van der Waals surface area contributed by atoms with Crippen LogP contribution in [0, 0.1) is 23.2 Å². The zero-order chi connectivity index (χ0) is 25.8. The maximum absolute atomic E-state index is 10.7. The zero-order valence-corrected chi connectivity index (χ0v) is 22.5. The molecular weight excluding hydrogens is 440 g/mol. The Morgan fingerprint density at radius 3 is 2.63 bits per heavy atom. The van der Waals surface area contributed by atoms with Crippen molar-refractivity contribution in [3.05, 3.63) is 35.5 Å².